The van der Waals surface area contributed by atoms with Gasteiger partial charge in [0.1, 0.15) is 0 Å². The van der Waals surface area contributed by atoms with Crippen molar-refractivity contribution in [2.45, 2.75) is 46.5 Å². The van der Waals surface area contributed by atoms with Gasteiger partial charge in [-0.2, -0.15) is 0 Å². The first-order chi connectivity index (χ1) is 6.47. The van der Waals surface area contributed by atoms with Gasteiger partial charge in [-0.3, -0.25) is 0 Å². The first kappa shape index (κ1) is 10.5. The van der Waals surface area contributed by atoms with E-state index in [2.05, 4.69) is 32.7 Å². The first-order valence-corrected chi connectivity index (χ1v) is 6.16. The van der Waals surface area contributed by atoms with Gasteiger partial charge < -0.3 is 4.90 Å². The van der Waals surface area contributed by atoms with Crippen molar-refractivity contribution in [3.05, 3.63) is 0 Å². The Hall–Kier alpha value is -0.0400. The van der Waals surface area contributed by atoms with Crippen molar-refractivity contribution in [2.24, 2.45) is 16.7 Å². The van der Waals surface area contributed by atoms with E-state index in [1.54, 1.807) is 0 Å². The number of rotatable bonds is 2. The average molecular weight is 195 g/mol. The summed E-state index contributed by atoms with van der Waals surface area (Å²) in [5.41, 5.74) is 1.36. The van der Waals surface area contributed by atoms with E-state index in [9.17, 15) is 0 Å². The van der Waals surface area contributed by atoms with E-state index in [1.807, 2.05) is 0 Å². The molecule has 1 saturated carbocycles. The summed E-state index contributed by atoms with van der Waals surface area (Å²) < 4.78 is 0. The van der Waals surface area contributed by atoms with Gasteiger partial charge in [0.25, 0.3) is 0 Å². The molecule has 1 nitrogen and oxygen atoms in total. The van der Waals surface area contributed by atoms with Crippen LogP contribution in [0.4, 0.5) is 0 Å². The zero-order chi connectivity index (χ0) is 10.4. The summed E-state index contributed by atoms with van der Waals surface area (Å²) in [7, 11) is 2.29. The Morgan fingerprint density at radius 3 is 2.36 bits per heavy atom. The number of hydrogen-bond acceptors (Lipinski definition) is 1. The summed E-state index contributed by atoms with van der Waals surface area (Å²) in [4.78, 5) is 2.53. The van der Waals surface area contributed by atoms with E-state index in [0.29, 0.717) is 5.41 Å². The van der Waals surface area contributed by atoms with E-state index in [4.69, 9.17) is 0 Å². The molecule has 2 fully saturated rings. The average Bonchev–Trinajstić information content (AvgIpc) is 2.77. The lowest BCUT2D eigenvalue weighted by Gasteiger charge is -2.47. The van der Waals surface area contributed by atoms with Crippen LogP contribution in [0.25, 0.3) is 0 Å². The van der Waals surface area contributed by atoms with E-state index in [1.165, 1.54) is 38.8 Å². The van der Waals surface area contributed by atoms with Crippen molar-refractivity contribution in [1.82, 2.24) is 4.90 Å². The second kappa shape index (κ2) is 3.23. The molecule has 0 bridgehead atoms. The largest absolute Gasteiger partial charge is 0.306 e. The molecule has 0 aromatic rings. The molecule has 1 heteroatoms. The van der Waals surface area contributed by atoms with Crippen molar-refractivity contribution < 1.29 is 0 Å². The molecule has 0 N–H and O–H groups in total. The Bertz CT molecular complexity index is 213. The maximum absolute atomic E-state index is 2.54. The van der Waals surface area contributed by atoms with Gasteiger partial charge >= 0.3 is 0 Å². The molecular weight excluding hydrogens is 170 g/mol. The monoisotopic (exact) mass is 195 g/mol. The molecule has 1 atom stereocenters. The fourth-order valence-electron chi connectivity index (χ4n) is 3.74. The van der Waals surface area contributed by atoms with E-state index >= 15 is 0 Å². The smallest absolute Gasteiger partial charge is 0.00377 e. The van der Waals surface area contributed by atoms with Crippen LogP contribution in [0.5, 0.6) is 0 Å². The third-order valence-electron chi connectivity index (χ3n) is 4.58. The number of hydrogen-bond donors (Lipinski definition) is 0. The molecule has 2 rings (SSSR count). The molecule has 0 unspecified atom stereocenters. The minimum absolute atomic E-state index is 0.605. The molecule has 82 valence electrons. The van der Waals surface area contributed by atoms with Crippen LogP contribution in [0.3, 0.4) is 0 Å². The highest BCUT2D eigenvalue weighted by Gasteiger charge is 2.57. The molecule has 1 spiro atoms. The van der Waals surface area contributed by atoms with Gasteiger partial charge in [0.2, 0.25) is 0 Å². The van der Waals surface area contributed by atoms with Gasteiger partial charge in [0.15, 0.2) is 0 Å². The van der Waals surface area contributed by atoms with Crippen LogP contribution in [0.1, 0.15) is 46.5 Å². The molecule has 1 heterocycles. The molecule has 1 saturated heterocycles. The number of nitrogens with zero attached hydrogens (tertiary/aromatic N) is 1. The first-order valence-electron chi connectivity index (χ1n) is 6.16. The van der Waals surface area contributed by atoms with Gasteiger partial charge in [-0.1, -0.05) is 20.8 Å². The SMILES string of the molecule is CC(C)C[C@]1(C)CN(C)CCC12CC2. The molecule has 0 aromatic carbocycles. The van der Waals surface area contributed by atoms with E-state index in [-0.39, 0.29) is 0 Å². The van der Waals surface area contributed by atoms with Gasteiger partial charge in [0, 0.05) is 6.54 Å². The lowest BCUT2D eigenvalue weighted by molar-refractivity contribution is 0.0199. The highest BCUT2D eigenvalue weighted by Crippen LogP contribution is 2.64. The summed E-state index contributed by atoms with van der Waals surface area (Å²) in [6.45, 7) is 9.93. The molecular formula is C13H25N. The minimum Gasteiger partial charge on any atom is -0.306 e. The number of piperidine rings is 1. The van der Waals surface area contributed by atoms with Crippen molar-refractivity contribution in [3.8, 4) is 0 Å². The topological polar surface area (TPSA) is 3.24 Å². The summed E-state index contributed by atoms with van der Waals surface area (Å²) in [5.74, 6) is 0.851. The predicted octanol–water partition coefficient (Wildman–Crippen LogP) is 3.15. The van der Waals surface area contributed by atoms with E-state index in [0.717, 1.165) is 11.3 Å². The van der Waals surface area contributed by atoms with Gasteiger partial charge in [0.05, 0.1) is 0 Å². The minimum atomic E-state index is 0.605. The standard InChI is InChI=1S/C13H25N/c1-11(2)9-12(3)10-14(4)8-7-13(12)5-6-13/h11H,5-10H2,1-4H3/t12-/m1/s1. The van der Waals surface area contributed by atoms with Crippen LogP contribution in [-0.4, -0.2) is 25.0 Å². The highest BCUT2D eigenvalue weighted by atomic mass is 15.1. The zero-order valence-electron chi connectivity index (χ0n) is 10.3. The molecule has 2 aliphatic rings. The second-order valence-electron chi connectivity index (χ2n) is 6.43. The molecule has 1 aliphatic heterocycles. The van der Waals surface area contributed by atoms with Crippen LogP contribution < -0.4 is 0 Å². The Morgan fingerprint density at radius 1 is 1.21 bits per heavy atom. The van der Waals surface area contributed by atoms with Crippen LogP contribution >= 0.6 is 0 Å². The molecule has 0 amide bonds. The highest BCUT2D eigenvalue weighted by molar-refractivity contribution is 5.08. The van der Waals surface area contributed by atoms with Gasteiger partial charge in [-0.15, -0.1) is 0 Å². The summed E-state index contributed by atoms with van der Waals surface area (Å²) in [6.07, 6.45) is 5.87. The number of likely N-dealkylation sites (tertiary alicyclic amines) is 1. The third-order valence-corrected chi connectivity index (χ3v) is 4.58. The van der Waals surface area contributed by atoms with Crippen LogP contribution in [0.15, 0.2) is 0 Å². The summed E-state index contributed by atoms with van der Waals surface area (Å²) in [6, 6.07) is 0. The third kappa shape index (κ3) is 1.60. The molecule has 14 heavy (non-hydrogen) atoms. The zero-order valence-corrected chi connectivity index (χ0v) is 10.3. The van der Waals surface area contributed by atoms with Crippen LogP contribution in [0.2, 0.25) is 0 Å². The summed E-state index contributed by atoms with van der Waals surface area (Å²) >= 11 is 0. The van der Waals surface area contributed by atoms with Crippen molar-refractivity contribution in [1.29, 1.82) is 0 Å². The maximum atomic E-state index is 2.54. The lowest BCUT2D eigenvalue weighted by Crippen LogP contribution is -2.47. The van der Waals surface area contributed by atoms with Gasteiger partial charge in [-0.05, 0) is 56.0 Å². The molecule has 0 radical (unpaired) electrons. The molecule has 0 aromatic heterocycles. The Labute approximate surface area is 88.9 Å². The second-order valence-corrected chi connectivity index (χ2v) is 6.43. The van der Waals surface area contributed by atoms with Crippen molar-refractivity contribution in [2.75, 3.05) is 20.1 Å². The lowest BCUT2D eigenvalue weighted by atomic mass is 9.65. The van der Waals surface area contributed by atoms with Crippen LogP contribution in [-0.2, 0) is 0 Å². The quantitative estimate of drug-likeness (QED) is 0.654. The molecule has 1 aliphatic carbocycles. The predicted molar refractivity (Wildman–Crippen MR) is 61.3 cm³/mol. The Morgan fingerprint density at radius 2 is 1.86 bits per heavy atom. The fraction of sp³-hybridized carbons (Fsp3) is 1.00. The Balaban J connectivity index is 2.11. The Kier molecular flexibility index (Phi) is 2.42. The van der Waals surface area contributed by atoms with Crippen molar-refractivity contribution in [3.63, 3.8) is 0 Å². The normalized spacial score (nSPS) is 36.6. The fourth-order valence-corrected chi connectivity index (χ4v) is 3.74. The van der Waals surface area contributed by atoms with Gasteiger partial charge in [-0.25, -0.2) is 0 Å². The van der Waals surface area contributed by atoms with Crippen molar-refractivity contribution >= 4 is 0 Å². The van der Waals surface area contributed by atoms with Crippen LogP contribution in [0, 0.1) is 16.7 Å². The van der Waals surface area contributed by atoms with E-state index < -0.39 is 0 Å². The summed E-state index contributed by atoms with van der Waals surface area (Å²) in [5, 5.41) is 0. The maximum Gasteiger partial charge on any atom is 0.00377 e.